The largest absolute Gasteiger partial charge is 0.330 e. The Morgan fingerprint density at radius 3 is 2.20 bits per heavy atom. The van der Waals surface area contributed by atoms with Gasteiger partial charge in [-0.1, -0.05) is 13.8 Å². The van der Waals surface area contributed by atoms with Crippen molar-refractivity contribution in [3.8, 4) is 0 Å². The molecule has 0 bridgehead atoms. The standard InChI is InChI=1S/C7H17NOS/c1-7(2,6-10-9)5-8(3)4/h9H,5-6H2,1-4H3. The lowest BCUT2D eigenvalue weighted by molar-refractivity contribution is 0.266. The zero-order chi connectivity index (χ0) is 8.20. The van der Waals surface area contributed by atoms with Crippen molar-refractivity contribution in [2.45, 2.75) is 13.8 Å². The van der Waals surface area contributed by atoms with Crippen LogP contribution in [0.25, 0.3) is 0 Å². The van der Waals surface area contributed by atoms with Crippen molar-refractivity contribution in [2.24, 2.45) is 5.41 Å². The molecule has 3 heteroatoms. The number of hydrogen-bond donors (Lipinski definition) is 1. The first-order chi connectivity index (χ1) is 4.48. The maximum atomic E-state index is 8.61. The normalized spacial score (nSPS) is 12.6. The van der Waals surface area contributed by atoms with Crippen molar-refractivity contribution < 1.29 is 4.55 Å². The smallest absolute Gasteiger partial charge is 0.0258 e. The first-order valence-corrected chi connectivity index (χ1v) is 4.33. The van der Waals surface area contributed by atoms with Crippen molar-refractivity contribution in [1.29, 1.82) is 0 Å². The Morgan fingerprint density at radius 2 is 1.90 bits per heavy atom. The average Bonchev–Trinajstić information content (AvgIpc) is 1.59. The van der Waals surface area contributed by atoms with E-state index in [0.29, 0.717) is 0 Å². The molecule has 0 unspecified atom stereocenters. The van der Waals surface area contributed by atoms with E-state index in [9.17, 15) is 0 Å². The molecule has 1 N–H and O–H groups in total. The quantitative estimate of drug-likeness (QED) is 0.639. The number of rotatable bonds is 4. The fourth-order valence-electron chi connectivity index (χ4n) is 1.08. The number of hydrogen-bond acceptors (Lipinski definition) is 3. The van der Waals surface area contributed by atoms with E-state index in [-0.39, 0.29) is 5.41 Å². The van der Waals surface area contributed by atoms with Crippen LogP contribution in [0.1, 0.15) is 13.8 Å². The molecule has 0 saturated carbocycles. The van der Waals surface area contributed by atoms with Crippen molar-refractivity contribution in [3.05, 3.63) is 0 Å². The predicted molar refractivity (Wildman–Crippen MR) is 47.4 cm³/mol. The molecule has 0 saturated heterocycles. The molecule has 62 valence electrons. The van der Waals surface area contributed by atoms with Gasteiger partial charge >= 0.3 is 0 Å². The molecule has 0 aliphatic carbocycles. The molecule has 0 aromatic heterocycles. The molecule has 0 radical (unpaired) electrons. The van der Waals surface area contributed by atoms with Gasteiger partial charge < -0.3 is 9.45 Å². The summed E-state index contributed by atoms with van der Waals surface area (Å²) >= 11 is 0.924. The lowest BCUT2D eigenvalue weighted by Gasteiger charge is -2.26. The Balaban J connectivity index is 3.63. The van der Waals surface area contributed by atoms with Gasteiger partial charge in [0.05, 0.1) is 0 Å². The molecule has 0 spiro atoms. The molecule has 0 aliphatic heterocycles. The third kappa shape index (κ3) is 5.09. The van der Waals surface area contributed by atoms with Crippen molar-refractivity contribution in [3.63, 3.8) is 0 Å². The van der Waals surface area contributed by atoms with Gasteiger partial charge in [0.15, 0.2) is 0 Å². The topological polar surface area (TPSA) is 23.5 Å². The van der Waals surface area contributed by atoms with Crippen LogP contribution in [0.15, 0.2) is 0 Å². The summed E-state index contributed by atoms with van der Waals surface area (Å²) in [5.41, 5.74) is 0.211. The third-order valence-electron chi connectivity index (χ3n) is 1.20. The molecule has 0 amide bonds. The van der Waals surface area contributed by atoms with Gasteiger partial charge in [-0.2, -0.15) is 0 Å². The summed E-state index contributed by atoms with van der Waals surface area (Å²) in [7, 11) is 4.09. The molecule has 0 aromatic carbocycles. The van der Waals surface area contributed by atoms with Gasteiger partial charge in [-0.3, -0.25) is 0 Å². The molecule has 0 atom stereocenters. The second-order valence-corrected chi connectivity index (χ2v) is 4.22. The molecule has 0 heterocycles. The summed E-state index contributed by atoms with van der Waals surface area (Å²) in [6.07, 6.45) is 0. The van der Waals surface area contributed by atoms with E-state index < -0.39 is 0 Å². The van der Waals surface area contributed by atoms with E-state index in [1.54, 1.807) is 0 Å². The summed E-state index contributed by atoms with van der Waals surface area (Å²) in [4.78, 5) is 2.14. The molecular weight excluding hydrogens is 146 g/mol. The first kappa shape index (κ1) is 10.3. The fourth-order valence-corrected chi connectivity index (χ4v) is 1.52. The van der Waals surface area contributed by atoms with Crippen LogP contribution in [0.5, 0.6) is 0 Å². The highest BCUT2D eigenvalue weighted by atomic mass is 32.2. The van der Waals surface area contributed by atoms with Gasteiger partial charge in [0.1, 0.15) is 0 Å². The highest BCUT2D eigenvalue weighted by Gasteiger charge is 2.18. The minimum atomic E-state index is 0.211. The van der Waals surface area contributed by atoms with Crippen molar-refractivity contribution in [2.75, 3.05) is 26.4 Å². The monoisotopic (exact) mass is 163 g/mol. The van der Waals surface area contributed by atoms with Crippen LogP contribution >= 0.6 is 12.0 Å². The van der Waals surface area contributed by atoms with E-state index >= 15 is 0 Å². The summed E-state index contributed by atoms with van der Waals surface area (Å²) in [5.74, 6) is 0.797. The van der Waals surface area contributed by atoms with E-state index in [1.807, 2.05) is 14.1 Å². The van der Waals surface area contributed by atoms with Crippen LogP contribution in [0, 0.1) is 5.41 Å². The molecule has 0 rings (SSSR count). The lowest BCUT2D eigenvalue weighted by Crippen LogP contribution is -2.30. The molecular formula is C7H17NOS. The lowest BCUT2D eigenvalue weighted by atomic mass is 9.96. The van der Waals surface area contributed by atoms with Gasteiger partial charge in [-0.25, -0.2) is 0 Å². The highest BCUT2D eigenvalue weighted by Crippen LogP contribution is 2.20. The van der Waals surface area contributed by atoms with Crippen LogP contribution < -0.4 is 0 Å². The summed E-state index contributed by atoms with van der Waals surface area (Å²) in [6, 6.07) is 0. The van der Waals surface area contributed by atoms with E-state index in [0.717, 1.165) is 24.3 Å². The van der Waals surface area contributed by atoms with E-state index in [1.165, 1.54) is 0 Å². The van der Waals surface area contributed by atoms with E-state index in [4.69, 9.17) is 4.55 Å². The molecule has 10 heavy (non-hydrogen) atoms. The van der Waals surface area contributed by atoms with E-state index in [2.05, 4.69) is 18.7 Å². The Labute approximate surface area is 67.8 Å². The van der Waals surface area contributed by atoms with Gasteiger partial charge in [0.2, 0.25) is 0 Å². The Hall–Kier alpha value is 0.270. The predicted octanol–water partition coefficient (Wildman–Crippen LogP) is 1.78. The minimum absolute atomic E-state index is 0.211. The van der Waals surface area contributed by atoms with Crippen molar-refractivity contribution in [1.82, 2.24) is 4.90 Å². The van der Waals surface area contributed by atoms with Gasteiger partial charge in [-0.05, 0) is 31.6 Å². The highest BCUT2D eigenvalue weighted by molar-refractivity contribution is 7.93. The molecule has 0 fully saturated rings. The zero-order valence-corrected chi connectivity index (χ0v) is 8.03. The maximum absolute atomic E-state index is 8.61. The second kappa shape index (κ2) is 4.21. The summed E-state index contributed by atoms with van der Waals surface area (Å²) in [6.45, 7) is 5.31. The SMILES string of the molecule is CN(C)CC(C)(C)CSO. The van der Waals surface area contributed by atoms with Gasteiger partial charge in [0, 0.05) is 12.3 Å². The Bertz CT molecular complexity index is 93.6. The molecule has 0 aromatic rings. The van der Waals surface area contributed by atoms with Gasteiger partial charge in [-0.15, -0.1) is 0 Å². The second-order valence-electron chi connectivity index (χ2n) is 3.68. The van der Waals surface area contributed by atoms with Crippen molar-refractivity contribution >= 4 is 12.0 Å². The summed E-state index contributed by atoms with van der Waals surface area (Å²) < 4.78 is 8.61. The Morgan fingerprint density at radius 1 is 1.40 bits per heavy atom. The van der Waals surface area contributed by atoms with Crippen LogP contribution in [-0.2, 0) is 0 Å². The van der Waals surface area contributed by atoms with Crippen LogP contribution in [-0.4, -0.2) is 35.8 Å². The summed E-state index contributed by atoms with van der Waals surface area (Å²) in [5, 5.41) is 0. The van der Waals surface area contributed by atoms with Crippen LogP contribution in [0.4, 0.5) is 0 Å². The zero-order valence-electron chi connectivity index (χ0n) is 7.22. The average molecular weight is 163 g/mol. The minimum Gasteiger partial charge on any atom is -0.330 e. The van der Waals surface area contributed by atoms with Crippen LogP contribution in [0.3, 0.4) is 0 Å². The fraction of sp³-hybridized carbons (Fsp3) is 1.00. The molecule has 0 aliphatic rings. The third-order valence-corrected chi connectivity index (χ3v) is 2.11. The van der Waals surface area contributed by atoms with Gasteiger partial charge in [0.25, 0.3) is 0 Å². The Kier molecular flexibility index (Phi) is 4.32. The van der Waals surface area contributed by atoms with Crippen LogP contribution in [0.2, 0.25) is 0 Å². The maximum Gasteiger partial charge on any atom is 0.0258 e. The first-order valence-electron chi connectivity index (χ1n) is 3.39. The number of nitrogens with zero attached hydrogens (tertiary/aromatic N) is 1. The molecule has 2 nitrogen and oxygen atoms in total.